The topological polar surface area (TPSA) is 73.4 Å². The second-order valence-corrected chi connectivity index (χ2v) is 4.34. The first-order chi connectivity index (χ1) is 8.91. The average Bonchev–Trinajstić information content (AvgIpc) is 2.65. The number of halogens is 1. The van der Waals surface area contributed by atoms with Crippen LogP contribution in [0.4, 0.5) is 4.39 Å². The fourth-order valence-electron chi connectivity index (χ4n) is 2.05. The number of amides is 1. The number of aryl methyl sites for hydroxylation is 1. The standard InChI is InChI=1S/C13H13FN2O3/c1-7-11(13(19)16(2)6-10(17)18)8-4-3-5-9(14)12(8)15-7/h3-5,15H,6H2,1-2H3,(H,17,18). The van der Waals surface area contributed by atoms with Crippen molar-refractivity contribution in [2.45, 2.75) is 6.92 Å². The number of aliphatic carboxylic acids is 1. The van der Waals surface area contributed by atoms with Crippen molar-refractivity contribution in [3.63, 3.8) is 0 Å². The maximum atomic E-state index is 13.6. The highest BCUT2D eigenvalue weighted by molar-refractivity contribution is 6.08. The number of hydrogen-bond acceptors (Lipinski definition) is 2. The van der Waals surface area contributed by atoms with Crippen LogP contribution in [0.5, 0.6) is 0 Å². The summed E-state index contributed by atoms with van der Waals surface area (Å²) in [6.45, 7) is 1.25. The van der Waals surface area contributed by atoms with Crippen LogP contribution in [0.1, 0.15) is 16.1 Å². The van der Waals surface area contributed by atoms with Crippen LogP contribution < -0.4 is 0 Å². The summed E-state index contributed by atoms with van der Waals surface area (Å²) in [6.07, 6.45) is 0. The van der Waals surface area contributed by atoms with Crippen LogP contribution in [-0.2, 0) is 4.79 Å². The van der Waals surface area contributed by atoms with E-state index in [1.54, 1.807) is 13.0 Å². The van der Waals surface area contributed by atoms with E-state index in [2.05, 4.69) is 4.98 Å². The summed E-state index contributed by atoms with van der Waals surface area (Å²) >= 11 is 0. The van der Waals surface area contributed by atoms with Crippen LogP contribution in [0, 0.1) is 12.7 Å². The first-order valence-electron chi connectivity index (χ1n) is 5.66. The molecule has 19 heavy (non-hydrogen) atoms. The summed E-state index contributed by atoms with van der Waals surface area (Å²) in [7, 11) is 1.40. The number of para-hydroxylation sites is 1. The summed E-state index contributed by atoms with van der Waals surface area (Å²) in [5.74, 6) is -1.99. The number of carbonyl (C=O) groups is 2. The molecular weight excluding hydrogens is 251 g/mol. The molecule has 1 heterocycles. The molecule has 100 valence electrons. The Morgan fingerprint density at radius 3 is 2.74 bits per heavy atom. The van der Waals surface area contributed by atoms with Gasteiger partial charge in [-0.05, 0) is 13.0 Å². The van der Waals surface area contributed by atoms with Gasteiger partial charge in [0.05, 0.1) is 11.1 Å². The van der Waals surface area contributed by atoms with Gasteiger partial charge in [0.1, 0.15) is 12.4 Å². The second-order valence-electron chi connectivity index (χ2n) is 4.34. The number of aromatic nitrogens is 1. The van der Waals surface area contributed by atoms with E-state index in [0.29, 0.717) is 16.6 Å². The van der Waals surface area contributed by atoms with E-state index in [9.17, 15) is 14.0 Å². The van der Waals surface area contributed by atoms with E-state index in [1.165, 1.54) is 19.2 Å². The largest absolute Gasteiger partial charge is 0.480 e. The van der Waals surface area contributed by atoms with Gasteiger partial charge >= 0.3 is 5.97 Å². The third-order valence-corrected chi connectivity index (χ3v) is 2.90. The van der Waals surface area contributed by atoms with Gasteiger partial charge in [-0.2, -0.15) is 0 Å². The van der Waals surface area contributed by atoms with Gasteiger partial charge in [-0.1, -0.05) is 12.1 Å². The number of fused-ring (bicyclic) bond motifs is 1. The Hall–Kier alpha value is -2.37. The van der Waals surface area contributed by atoms with Crippen molar-refractivity contribution in [2.24, 2.45) is 0 Å². The molecule has 2 N–H and O–H groups in total. The number of nitrogens with one attached hydrogen (secondary N) is 1. The first kappa shape index (κ1) is 13.1. The number of aromatic amines is 1. The predicted molar refractivity (Wildman–Crippen MR) is 67.6 cm³/mol. The maximum absolute atomic E-state index is 13.6. The lowest BCUT2D eigenvalue weighted by Crippen LogP contribution is -2.32. The van der Waals surface area contributed by atoms with Crippen molar-refractivity contribution in [1.29, 1.82) is 0 Å². The second kappa shape index (κ2) is 4.72. The Balaban J connectivity index is 2.50. The number of nitrogens with zero attached hydrogens (tertiary/aromatic N) is 1. The number of hydrogen-bond donors (Lipinski definition) is 2. The molecular formula is C13H13FN2O3. The molecule has 0 saturated carbocycles. The van der Waals surface area contributed by atoms with E-state index in [1.807, 2.05) is 0 Å². The minimum Gasteiger partial charge on any atom is -0.480 e. The highest BCUT2D eigenvalue weighted by atomic mass is 19.1. The molecule has 0 unspecified atom stereocenters. The number of carboxylic acids is 1. The highest BCUT2D eigenvalue weighted by Crippen LogP contribution is 2.25. The van der Waals surface area contributed by atoms with Gasteiger partial charge in [-0.15, -0.1) is 0 Å². The van der Waals surface area contributed by atoms with Gasteiger partial charge in [-0.3, -0.25) is 9.59 Å². The lowest BCUT2D eigenvalue weighted by Gasteiger charge is -2.14. The van der Waals surface area contributed by atoms with E-state index in [-0.39, 0.29) is 5.52 Å². The fourth-order valence-corrected chi connectivity index (χ4v) is 2.05. The van der Waals surface area contributed by atoms with Crippen LogP contribution in [-0.4, -0.2) is 40.5 Å². The Bertz CT molecular complexity index is 663. The number of benzene rings is 1. The molecule has 0 aliphatic rings. The van der Waals surface area contributed by atoms with Crippen LogP contribution in [0.3, 0.4) is 0 Å². The summed E-state index contributed by atoms with van der Waals surface area (Å²) in [5.41, 5.74) is 1.08. The van der Waals surface area contributed by atoms with E-state index in [4.69, 9.17) is 5.11 Å². The van der Waals surface area contributed by atoms with Crippen LogP contribution in [0.15, 0.2) is 18.2 Å². The van der Waals surface area contributed by atoms with Crippen molar-refractivity contribution in [3.05, 3.63) is 35.3 Å². The zero-order chi connectivity index (χ0) is 14.2. The molecule has 5 nitrogen and oxygen atoms in total. The summed E-state index contributed by atoms with van der Waals surface area (Å²) in [6, 6.07) is 4.44. The van der Waals surface area contributed by atoms with Crippen molar-refractivity contribution in [1.82, 2.24) is 9.88 Å². The van der Waals surface area contributed by atoms with Gasteiger partial charge in [-0.25, -0.2) is 4.39 Å². The number of likely N-dealkylation sites (N-methyl/N-ethyl adjacent to an activating group) is 1. The normalized spacial score (nSPS) is 10.7. The molecule has 0 atom stereocenters. The molecule has 0 radical (unpaired) electrons. The molecule has 0 fully saturated rings. The van der Waals surface area contributed by atoms with Crippen LogP contribution in [0.2, 0.25) is 0 Å². The van der Waals surface area contributed by atoms with Gasteiger partial charge in [0, 0.05) is 18.1 Å². The Morgan fingerprint density at radius 1 is 1.42 bits per heavy atom. The van der Waals surface area contributed by atoms with Gasteiger partial charge < -0.3 is 15.0 Å². The molecule has 1 aromatic heterocycles. The number of H-pyrrole nitrogens is 1. The van der Waals surface area contributed by atoms with E-state index in [0.717, 1.165) is 4.90 Å². The summed E-state index contributed by atoms with van der Waals surface area (Å²) in [4.78, 5) is 26.7. The van der Waals surface area contributed by atoms with Crippen LogP contribution in [0.25, 0.3) is 10.9 Å². The summed E-state index contributed by atoms with van der Waals surface area (Å²) < 4.78 is 13.6. The van der Waals surface area contributed by atoms with Crippen LogP contribution >= 0.6 is 0 Å². The Morgan fingerprint density at radius 2 is 2.11 bits per heavy atom. The van der Waals surface area contributed by atoms with Crippen molar-refractivity contribution < 1.29 is 19.1 Å². The molecule has 0 aliphatic heterocycles. The molecule has 2 aromatic rings. The smallest absolute Gasteiger partial charge is 0.323 e. The van der Waals surface area contributed by atoms with Gasteiger partial charge in [0.25, 0.3) is 5.91 Å². The SMILES string of the molecule is Cc1[nH]c2c(F)cccc2c1C(=O)N(C)CC(=O)O. The predicted octanol–water partition coefficient (Wildman–Crippen LogP) is 1.77. The zero-order valence-electron chi connectivity index (χ0n) is 10.5. The zero-order valence-corrected chi connectivity index (χ0v) is 10.5. The lowest BCUT2D eigenvalue weighted by atomic mass is 10.1. The van der Waals surface area contributed by atoms with Gasteiger partial charge in [0.15, 0.2) is 0 Å². The van der Waals surface area contributed by atoms with E-state index >= 15 is 0 Å². The molecule has 0 saturated heterocycles. The van der Waals surface area contributed by atoms with Gasteiger partial charge in [0.2, 0.25) is 0 Å². The van der Waals surface area contributed by atoms with Crippen molar-refractivity contribution in [2.75, 3.05) is 13.6 Å². The fraction of sp³-hybridized carbons (Fsp3) is 0.231. The third-order valence-electron chi connectivity index (χ3n) is 2.90. The molecule has 1 aromatic carbocycles. The number of carboxylic acid groups (broad SMARTS) is 1. The molecule has 2 rings (SSSR count). The first-order valence-corrected chi connectivity index (χ1v) is 5.66. The molecule has 6 heteroatoms. The molecule has 0 bridgehead atoms. The molecule has 1 amide bonds. The Labute approximate surface area is 108 Å². The molecule has 0 aliphatic carbocycles. The highest BCUT2D eigenvalue weighted by Gasteiger charge is 2.21. The minimum atomic E-state index is -1.10. The maximum Gasteiger partial charge on any atom is 0.323 e. The third kappa shape index (κ3) is 2.29. The quantitative estimate of drug-likeness (QED) is 0.887. The van der Waals surface area contributed by atoms with E-state index < -0.39 is 24.2 Å². The van der Waals surface area contributed by atoms with Crippen molar-refractivity contribution >= 4 is 22.8 Å². The lowest BCUT2D eigenvalue weighted by molar-refractivity contribution is -0.137. The average molecular weight is 264 g/mol. The monoisotopic (exact) mass is 264 g/mol. The number of carbonyl (C=O) groups excluding carboxylic acids is 1. The van der Waals surface area contributed by atoms with Crippen molar-refractivity contribution in [3.8, 4) is 0 Å². The Kier molecular flexibility index (Phi) is 3.25. The minimum absolute atomic E-state index is 0.257. The molecule has 0 spiro atoms. The number of rotatable bonds is 3. The summed E-state index contributed by atoms with van der Waals surface area (Å²) in [5, 5.41) is 9.15.